The molecule has 1 saturated carbocycles. The lowest BCUT2D eigenvalue weighted by Crippen LogP contribution is -2.15. The van der Waals surface area contributed by atoms with Gasteiger partial charge in [0.15, 0.2) is 22.6 Å². The second-order valence-corrected chi connectivity index (χ2v) is 7.39. The summed E-state index contributed by atoms with van der Waals surface area (Å²) in [4.78, 5) is 0. The number of halogens is 2. The van der Waals surface area contributed by atoms with Gasteiger partial charge in [-0.3, -0.25) is 4.57 Å². The summed E-state index contributed by atoms with van der Waals surface area (Å²) in [6.45, 7) is 0. The maximum Gasteiger partial charge on any atom is 0.200 e. The summed E-state index contributed by atoms with van der Waals surface area (Å²) >= 11 is 1.38. The van der Waals surface area contributed by atoms with Crippen molar-refractivity contribution in [3.05, 3.63) is 53.8 Å². The first-order valence-electron chi connectivity index (χ1n) is 8.78. The van der Waals surface area contributed by atoms with Gasteiger partial charge in [-0.2, -0.15) is 0 Å². The van der Waals surface area contributed by atoms with Gasteiger partial charge in [0, 0.05) is 17.4 Å². The summed E-state index contributed by atoms with van der Waals surface area (Å²) in [5.74, 6) is 0.0474. The number of aromatic nitrogens is 3. The smallest absolute Gasteiger partial charge is 0.200 e. The lowest BCUT2D eigenvalue weighted by molar-refractivity contribution is 0.337. The average molecular weight is 375 g/mol. The minimum Gasteiger partial charge on any atom is -0.461 e. The Hall–Kier alpha value is -2.15. The molecular weight excluding hydrogens is 356 g/mol. The van der Waals surface area contributed by atoms with Crippen LogP contribution in [0, 0.1) is 11.6 Å². The molecule has 1 fully saturated rings. The van der Waals surface area contributed by atoms with Crippen LogP contribution in [0.5, 0.6) is 0 Å². The third-order valence-electron chi connectivity index (χ3n) is 4.73. The van der Waals surface area contributed by atoms with Gasteiger partial charge in [0.25, 0.3) is 0 Å². The normalized spacial score (nSPS) is 15.5. The van der Waals surface area contributed by atoms with Crippen molar-refractivity contribution in [1.29, 1.82) is 0 Å². The summed E-state index contributed by atoms with van der Waals surface area (Å²) in [5.41, 5.74) is 0.327. The van der Waals surface area contributed by atoms with Crippen molar-refractivity contribution in [2.75, 3.05) is 0 Å². The lowest BCUT2D eigenvalue weighted by atomic mass is 9.95. The number of thioether (sulfide) groups is 1. The quantitative estimate of drug-likeness (QED) is 0.543. The zero-order valence-electron chi connectivity index (χ0n) is 14.2. The summed E-state index contributed by atoms with van der Waals surface area (Å²) in [5, 5.41) is 9.35. The minimum atomic E-state index is -0.826. The topological polar surface area (TPSA) is 43.9 Å². The highest BCUT2D eigenvalue weighted by molar-refractivity contribution is 7.98. The van der Waals surface area contributed by atoms with Crippen molar-refractivity contribution in [2.24, 2.45) is 0 Å². The second-order valence-electron chi connectivity index (χ2n) is 6.45. The standard InChI is InChI=1S/C19H19F2N3OS/c20-15-9-4-6-13(17(15)21)12-26-19-23-22-18(16-10-5-11-25-16)24(19)14-7-2-1-3-8-14/h4-6,9-11,14H,1-3,7-8,12H2. The molecule has 4 rings (SSSR count). The third-order valence-corrected chi connectivity index (χ3v) is 5.73. The van der Waals surface area contributed by atoms with Crippen LogP contribution in [0.2, 0.25) is 0 Å². The van der Waals surface area contributed by atoms with E-state index in [2.05, 4.69) is 14.8 Å². The summed E-state index contributed by atoms with van der Waals surface area (Å²) in [6.07, 6.45) is 7.32. The van der Waals surface area contributed by atoms with Gasteiger partial charge in [0.05, 0.1) is 6.26 Å². The molecule has 26 heavy (non-hydrogen) atoms. The highest BCUT2D eigenvalue weighted by Crippen LogP contribution is 2.36. The van der Waals surface area contributed by atoms with E-state index in [9.17, 15) is 8.78 Å². The molecule has 1 aliphatic rings. The SMILES string of the molecule is Fc1cccc(CSc2nnc(-c3ccco3)n2C2CCCCC2)c1F. The molecule has 0 bridgehead atoms. The van der Waals surface area contributed by atoms with E-state index >= 15 is 0 Å². The molecule has 3 aromatic rings. The van der Waals surface area contributed by atoms with Crippen molar-refractivity contribution < 1.29 is 13.2 Å². The first-order chi connectivity index (χ1) is 12.7. The van der Waals surface area contributed by atoms with Crippen LogP contribution in [0.3, 0.4) is 0 Å². The van der Waals surface area contributed by atoms with E-state index < -0.39 is 11.6 Å². The molecule has 0 radical (unpaired) electrons. The van der Waals surface area contributed by atoms with Gasteiger partial charge in [0.1, 0.15) is 0 Å². The van der Waals surface area contributed by atoms with Crippen LogP contribution in [0.25, 0.3) is 11.6 Å². The monoisotopic (exact) mass is 375 g/mol. The molecular formula is C19H19F2N3OS. The molecule has 1 aliphatic carbocycles. The van der Waals surface area contributed by atoms with Crippen LogP contribution in [0.4, 0.5) is 8.78 Å². The van der Waals surface area contributed by atoms with Crippen LogP contribution in [0.15, 0.2) is 46.2 Å². The van der Waals surface area contributed by atoms with E-state index in [0.29, 0.717) is 34.1 Å². The van der Waals surface area contributed by atoms with Crippen LogP contribution in [-0.4, -0.2) is 14.8 Å². The number of hydrogen-bond acceptors (Lipinski definition) is 4. The Morgan fingerprint density at radius 3 is 2.69 bits per heavy atom. The fraction of sp³-hybridized carbons (Fsp3) is 0.368. The maximum atomic E-state index is 13.9. The van der Waals surface area contributed by atoms with Gasteiger partial charge in [-0.15, -0.1) is 10.2 Å². The molecule has 0 unspecified atom stereocenters. The van der Waals surface area contributed by atoms with Crippen molar-refractivity contribution in [3.63, 3.8) is 0 Å². The Balaban J connectivity index is 1.64. The predicted molar refractivity (Wildman–Crippen MR) is 95.8 cm³/mol. The van der Waals surface area contributed by atoms with Gasteiger partial charge in [-0.25, -0.2) is 8.78 Å². The highest BCUT2D eigenvalue weighted by Gasteiger charge is 2.25. The zero-order chi connectivity index (χ0) is 17.9. The fourth-order valence-corrected chi connectivity index (χ4v) is 4.40. The lowest BCUT2D eigenvalue weighted by Gasteiger charge is -2.25. The van der Waals surface area contributed by atoms with Gasteiger partial charge in [-0.05, 0) is 31.0 Å². The number of nitrogens with zero attached hydrogens (tertiary/aromatic N) is 3. The Morgan fingerprint density at radius 1 is 1.08 bits per heavy atom. The molecule has 2 heterocycles. The van der Waals surface area contributed by atoms with Crippen LogP contribution >= 0.6 is 11.8 Å². The summed E-state index contributed by atoms with van der Waals surface area (Å²) in [6, 6.07) is 8.24. The fourth-order valence-electron chi connectivity index (χ4n) is 3.42. The molecule has 0 spiro atoms. The minimum absolute atomic E-state index is 0.298. The Kier molecular flexibility index (Phi) is 5.06. The largest absolute Gasteiger partial charge is 0.461 e. The molecule has 4 nitrogen and oxygen atoms in total. The Labute approximate surface area is 154 Å². The average Bonchev–Trinajstić information content (AvgIpc) is 3.33. The number of rotatable bonds is 5. The van der Waals surface area contributed by atoms with E-state index in [0.717, 1.165) is 18.9 Å². The van der Waals surface area contributed by atoms with Gasteiger partial charge < -0.3 is 4.42 Å². The Bertz CT molecular complexity index is 873. The molecule has 0 saturated heterocycles. The van der Waals surface area contributed by atoms with Crippen molar-refractivity contribution in [2.45, 2.75) is 49.1 Å². The van der Waals surface area contributed by atoms with E-state index in [1.807, 2.05) is 12.1 Å². The van der Waals surface area contributed by atoms with Crippen molar-refractivity contribution in [1.82, 2.24) is 14.8 Å². The summed E-state index contributed by atoms with van der Waals surface area (Å²) in [7, 11) is 0. The first kappa shape index (κ1) is 17.3. The summed E-state index contributed by atoms with van der Waals surface area (Å²) < 4.78 is 35.0. The molecule has 7 heteroatoms. The van der Waals surface area contributed by atoms with Crippen LogP contribution < -0.4 is 0 Å². The highest BCUT2D eigenvalue weighted by atomic mass is 32.2. The maximum absolute atomic E-state index is 13.9. The predicted octanol–water partition coefficient (Wildman–Crippen LogP) is 5.61. The molecule has 0 amide bonds. The third kappa shape index (κ3) is 3.40. The Morgan fingerprint density at radius 2 is 1.92 bits per heavy atom. The number of furan rings is 1. The first-order valence-corrected chi connectivity index (χ1v) is 9.77. The second kappa shape index (κ2) is 7.61. The molecule has 0 atom stereocenters. The van der Waals surface area contributed by atoms with Gasteiger partial charge >= 0.3 is 0 Å². The van der Waals surface area contributed by atoms with E-state index in [-0.39, 0.29) is 0 Å². The van der Waals surface area contributed by atoms with Gasteiger partial charge in [0.2, 0.25) is 5.82 Å². The van der Waals surface area contributed by atoms with Crippen molar-refractivity contribution >= 4 is 11.8 Å². The van der Waals surface area contributed by atoms with E-state index in [1.165, 1.54) is 37.1 Å². The zero-order valence-corrected chi connectivity index (χ0v) is 15.0. The van der Waals surface area contributed by atoms with E-state index in [1.54, 1.807) is 12.3 Å². The molecule has 2 aromatic heterocycles. The van der Waals surface area contributed by atoms with Crippen LogP contribution in [0.1, 0.15) is 43.7 Å². The number of benzene rings is 1. The van der Waals surface area contributed by atoms with E-state index in [4.69, 9.17) is 4.42 Å². The molecule has 0 aliphatic heterocycles. The molecule has 1 aromatic carbocycles. The number of hydrogen-bond donors (Lipinski definition) is 0. The molecule has 136 valence electrons. The van der Waals surface area contributed by atoms with Crippen molar-refractivity contribution in [3.8, 4) is 11.6 Å². The van der Waals surface area contributed by atoms with Crippen LogP contribution in [-0.2, 0) is 5.75 Å². The molecule has 0 N–H and O–H groups in total. The van der Waals surface area contributed by atoms with Gasteiger partial charge in [-0.1, -0.05) is 43.2 Å².